The van der Waals surface area contributed by atoms with Crippen LogP contribution in [0.1, 0.15) is 27.2 Å². The van der Waals surface area contributed by atoms with Crippen LogP contribution in [0, 0.1) is 0 Å². The number of hydrogen-bond acceptors (Lipinski definition) is 3. The minimum Gasteiger partial charge on any atom is -0.356 e. The van der Waals surface area contributed by atoms with E-state index in [1.165, 1.54) is 14.0 Å². The molecule has 0 saturated carbocycles. The first-order valence-corrected chi connectivity index (χ1v) is 8.22. The van der Waals surface area contributed by atoms with Crippen molar-refractivity contribution in [2.75, 3.05) is 19.8 Å². The largest absolute Gasteiger partial charge is 0.356 e. The highest BCUT2D eigenvalue weighted by molar-refractivity contribution is 7.51. The summed E-state index contributed by atoms with van der Waals surface area (Å²) >= 11 is 0. The maximum atomic E-state index is 10.3. The molecule has 0 aliphatic carbocycles. The van der Waals surface area contributed by atoms with E-state index < -0.39 is 7.60 Å². The molecule has 1 amide bonds. The van der Waals surface area contributed by atoms with Crippen molar-refractivity contribution in [1.82, 2.24) is 5.32 Å². The lowest BCUT2D eigenvalue weighted by molar-refractivity contribution is -0.118. The van der Waals surface area contributed by atoms with Crippen LogP contribution < -0.4 is 11.1 Å². The van der Waals surface area contributed by atoms with Crippen LogP contribution in [0.25, 0.3) is 0 Å². The Morgan fingerprint density at radius 1 is 1.19 bits per heavy atom. The van der Waals surface area contributed by atoms with Gasteiger partial charge >= 0.3 is 7.60 Å². The van der Waals surface area contributed by atoms with E-state index in [-0.39, 0.29) is 12.1 Å². The number of allylic oxidation sites excluding steroid dienone is 4. The lowest BCUT2D eigenvalue weighted by Crippen LogP contribution is -2.21. The molecule has 6 nitrogen and oxygen atoms in total. The fourth-order valence-electron chi connectivity index (χ4n) is 0.549. The van der Waals surface area contributed by atoms with Crippen molar-refractivity contribution in [2.45, 2.75) is 27.2 Å². The molecule has 0 rings (SSSR count). The summed E-state index contributed by atoms with van der Waals surface area (Å²) in [5.74, 6) is -0.185. The summed E-state index contributed by atoms with van der Waals surface area (Å²) in [5.41, 5.74) is 4.50. The molecule has 7 heteroatoms. The second-order valence-corrected chi connectivity index (χ2v) is 5.14. The average Bonchev–Trinajstić information content (AvgIpc) is 2.45. The summed E-state index contributed by atoms with van der Waals surface area (Å²) in [6, 6.07) is 0. The van der Waals surface area contributed by atoms with Gasteiger partial charge in [0, 0.05) is 13.5 Å². The van der Waals surface area contributed by atoms with Gasteiger partial charge in [0.2, 0.25) is 5.91 Å². The van der Waals surface area contributed by atoms with E-state index in [1.807, 2.05) is 26.0 Å². The first-order chi connectivity index (χ1) is 9.74. The van der Waals surface area contributed by atoms with Gasteiger partial charge in [0.05, 0.1) is 6.16 Å². The van der Waals surface area contributed by atoms with Crippen LogP contribution >= 0.6 is 7.60 Å². The quantitative estimate of drug-likeness (QED) is 0.268. The van der Waals surface area contributed by atoms with E-state index in [0.717, 1.165) is 0 Å². The molecule has 0 aromatic rings. The maximum Gasteiger partial charge on any atom is 0.325 e. The van der Waals surface area contributed by atoms with Crippen molar-refractivity contribution < 1.29 is 19.1 Å². The number of hydrogen-bond donors (Lipinski definition) is 4. The van der Waals surface area contributed by atoms with Gasteiger partial charge in [-0.25, -0.2) is 0 Å². The first kappa shape index (κ1) is 28.0. The van der Waals surface area contributed by atoms with Crippen LogP contribution in [0.3, 0.4) is 0 Å². The van der Waals surface area contributed by atoms with Crippen LogP contribution in [0.15, 0.2) is 37.5 Å². The van der Waals surface area contributed by atoms with Gasteiger partial charge in [-0.05, 0) is 27.3 Å². The van der Waals surface area contributed by atoms with Gasteiger partial charge in [-0.2, -0.15) is 0 Å². The Kier molecular flexibility index (Phi) is 31.9. The van der Waals surface area contributed by atoms with E-state index in [4.69, 9.17) is 9.79 Å². The van der Waals surface area contributed by atoms with Crippen LogP contribution in [0.5, 0.6) is 0 Å². The molecule has 5 N–H and O–H groups in total. The van der Waals surface area contributed by atoms with Crippen LogP contribution in [-0.2, 0) is 9.36 Å². The molecule has 0 atom stereocenters. The lowest BCUT2D eigenvalue weighted by atomic mass is 10.5. The van der Waals surface area contributed by atoms with Crippen molar-refractivity contribution >= 4 is 13.5 Å². The Morgan fingerprint density at radius 2 is 1.57 bits per heavy atom. The molecule has 0 radical (unpaired) electrons. The summed E-state index contributed by atoms with van der Waals surface area (Å²) in [6.07, 6.45) is 7.41. The molecule has 0 aliphatic rings. The molecule has 0 fully saturated rings. The molecule has 0 saturated heterocycles. The van der Waals surface area contributed by atoms with Crippen molar-refractivity contribution in [2.24, 2.45) is 5.73 Å². The molecule has 0 aliphatic heterocycles. The highest BCUT2D eigenvalue weighted by atomic mass is 31.2. The van der Waals surface area contributed by atoms with E-state index in [9.17, 15) is 9.36 Å². The third kappa shape index (κ3) is 68.5. The fourth-order valence-corrected chi connectivity index (χ4v) is 1.12. The molecular weight excluding hydrogens is 291 g/mol. The molecule has 126 valence electrons. The Morgan fingerprint density at radius 3 is 1.76 bits per heavy atom. The number of carbonyl (C=O) groups is 1. The second kappa shape index (κ2) is 23.9. The standard InChI is InChI=1S/C5H12NO4P.C4H8.C4H6.CH5N/c1-5(7)6-3-2-4-11(8,9)10;2*1-3-4-2;1-2/h2-4H2,1H3,(H,6,7)(H2,8,9,10);3-4H,1-2H3;3-4H,1-2H2;2H2,1H3/b;4-3-;;. The predicted octanol–water partition coefficient (Wildman–Crippen LogP) is 2.21. The van der Waals surface area contributed by atoms with Gasteiger partial charge in [0.15, 0.2) is 0 Å². The van der Waals surface area contributed by atoms with Crippen molar-refractivity contribution in [1.29, 1.82) is 0 Å². The highest BCUT2D eigenvalue weighted by Crippen LogP contribution is 2.34. The summed E-state index contributed by atoms with van der Waals surface area (Å²) in [5, 5.41) is 2.44. The normalized spacial score (nSPS) is 8.90. The highest BCUT2D eigenvalue weighted by Gasteiger charge is 2.10. The summed E-state index contributed by atoms with van der Waals surface area (Å²) in [6.45, 7) is 12.4. The smallest absolute Gasteiger partial charge is 0.325 e. The number of rotatable bonds is 5. The number of nitrogens with one attached hydrogen (secondary N) is 1. The molecule has 0 heterocycles. The zero-order chi connectivity index (χ0) is 17.7. The molecule has 21 heavy (non-hydrogen) atoms. The number of amides is 1. The summed E-state index contributed by atoms with van der Waals surface area (Å²) in [7, 11) is -2.38. The molecule has 0 bridgehead atoms. The second-order valence-electron chi connectivity index (χ2n) is 3.36. The van der Waals surface area contributed by atoms with Crippen LogP contribution in [0.2, 0.25) is 0 Å². The van der Waals surface area contributed by atoms with Crippen molar-refractivity contribution in [3.05, 3.63) is 37.5 Å². The van der Waals surface area contributed by atoms with E-state index >= 15 is 0 Å². The zero-order valence-corrected chi connectivity index (χ0v) is 14.5. The third-order valence-electron chi connectivity index (χ3n) is 1.50. The van der Waals surface area contributed by atoms with E-state index in [0.29, 0.717) is 13.0 Å². The third-order valence-corrected chi connectivity index (χ3v) is 2.40. The van der Waals surface area contributed by atoms with Gasteiger partial charge < -0.3 is 20.8 Å². The Balaban J connectivity index is -0.000000119. The van der Waals surface area contributed by atoms with Crippen LogP contribution in [-0.4, -0.2) is 35.4 Å². The van der Waals surface area contributed by atoms with Gasteiger partial charge in [-0.3, -0.25) is 9.36 Å². The van der Waals surface area contributed by atoms with Gasteiger partial charge in [0.25, 0.3) is 0 Å². The van der Waals surface area contributed by atoms with Crippen molar-refractivity contribution in [3.63, 3.8) is 0 Å². The number of carbonyl (C=O) groups excluding carboxylic acids is 1. The van der Waals surface area contributed by atoms with E-state index in [1.54, 1.807) is 12.2 Å². The number of nitrogens with two attached hydrogens (primary N) is 1. The monoisotopic (exact) mass is 322 g/mol. The fraction of sp³-hybridized carbons (Fsp3) is 0.500. The Bertz CT molecular complexity index is 302. The lowest BCUT2D eigenvalue weighted by Gasteiger charge is -2.03. The predicted molar refractivity (Wildman–Crippen MR) is 91.2 cm³/mol. The molecular formula is C14H31N2O4P. The minimum absolute atomic E-state index is 0.173. The molecule has 0 unspecified atom stereocenters. The molecule has 0 spiro atoms. The molecule has 0 aromatic carbocycles. The SMILES string of the molecule is C/C=C\C.C=CC=C.CC(=O)NCCCP(=O)(O)O.CN. The van der Waals surface area contributed by atoms with Gasteiger partial charge in [0.1, 0.15) is 0 Å². The molecule has 0 aromatic heterocycles. The summed E-state index contributed by atoms with van der Waals surface area (Å²) < 4.78 is 10.3. The first-order valence-electron chi connectivity index (χ1n) is 6.42. The van der Waals surface area contributed by atoms with Gasteiger partial charge in [-0.15, -0.1) is 0 Å². The topological polar surface area (TPSA) is 113 Å². The van der Waals surface area contributed by atoms with Gasteiger partial charge in [-0.1, -0.05) is 37.5 Å². The average molecular weight is 322 g/mol. The van der Waals surface area contributed by atoms with E-state index in [2.05, 4.69) is 24.2 Å². The van der Waals surface area contributed by atoms with Crippen LogP contribution in [0.4, 0.5) is 0 Å². The maximum absolute atomic E-state index is 10.3. The Labute approximate surface area is 129 Å². The summed E-state index contributed by atoms with van der Waals surface area (Å²) in [4.78, 5) is 27.0. The zero-order valence-electron chi connectivity index (χ0n) is 13.6. The minimum atomic E-state index is -3.88. The van der Waals surface area contributed by atoms with Crippen molar-refractivity contribution in [3.8, 4) is 0 Å². The Hall–Kier alpha value is -1.20.